The van der Waals surface area contributed by atoms with Crippen molar-refractivity contribution in [2.24, 2.45) is 0 Å². The molecule has 1 atom stereocenters. The van der Waals surface area contributed by atoms with Crippen LogP contribution in [0.2, 0.25) is 0 Å². The average Bonchev–Trinajstić information content (AvgIpc) is 2.40. The highest BCUT2D eigenvalue weighted by atomic mass is 19.1. The summed E-state index contributed by atoms with van der Waals surface area (Å²) >= 11 is 0. The number of benzene rings is 1. The molecular weight excluding hydrogens is 268 g/mol. The molecule has 0 radical (unpaired) electrons. The topological polar surface area (TPSA) is 68.1 Å². The molecule has 1 unspecified atom stereocenters. The highest BCUT2D eigenvalue weighted by molar-refractivity contribution is 5.63. The second kappa shape index (κ2) is 5.60. The molecule has 2 aromatic rings. The van der Waals surface area contributed by atoms with Crippen LogP contribution in [-0.2, 0) is 0 Å². The van der Waals surface area contributed by atoms with Gasteiger partial charge in [-0.25, -0.2) is 8.78 Å². The number of halogens is 2. The van der Waals surface area contributed by atoms with Crippen LogP contribution < -0.4 is 5.32 Å². The summed E-state index contributed by atoms with van der Waals surface area (Å²) < 4.78 is 26.8. The number of nitro groups is 1. The fourth-order valence-corrected chi connectivity index (χ4v) is 1.77. The summed E-state index contributed by atoms with van der Waals surface area (Å²) in [6.45, 7) is 1.63. The summed E-state index contributed by atoms with van der Waals surface area (Å²) in [7, 11) is 0. The molecule has 0 amide bonds. The molecule has 1 heterocycles. The first kappa shape index (κ1) is 13.9. The van der Waals surface area contributed by atoms with Crippen molar-refractivity contribution in [1.29, 1.82) is 0 Å². The van der Waals surface area contributed by atoms with Crippen LogP contribution in [0.3, 0.4) is 0 Å². The standard InChI is InChI=1S/C13H11F2N3O2/c1-8(9-5-10(14)7-16-6-9)17-13-11(15)3-2-4-12(13)18(19)20/h2-8,17H,1H3. The number of nitrogens with zero attached hydrogens (tertiary/aromatic N) is 2. The Morgan fingerprint density at radius 3 is 2.75 bits per heavy atom. The molecule has 5 nitrogen and oxygen atoms in total. The van der Waals surface area contributed by atoms with Crippen molar-refractivity contribution in [2.75, 3.05) is 5.32 Å². The van der Waals surface area contributed by atoms with Gasteiger partial charge in [0.15, 0.2) is 5.82 Å². The van der Waals surface area contributed by atoms with E-state index in [2.05, 4.69) is 10.3 Å². The van der Waals surface area contributed by atoms with Gasteiger partial charge in [0.05, 0.1) is 17.2 Å². The Morgan fingerprint density at radius 2 is 2.10 bits per heavy atom. The SMILES string of the molecule is CC(Nc1c(F)cccc1[N+](=O)[O-])c1cncc(F)c1. The predicted octanol–water partition coefficient (Wildman–Crippen LogP) is 3.44. The van der Waals surface area contributed by atoms with Crippen molar-refractivity contribution in [3.63, 3.8) is 0 Å². The first-order chi connectivity index (χ1) is 9.49. The Balaban J connectivity index is 2.32. The van der Waals surface area contributed by atoms with E-state index in [0.717, 1.165) is 12.3 Å². The maximum Gasteiger partial charge on any atom is 0.295 e. The van der Waals surface area contributed by atoms with Crippen LogP contribution in [-0.4, -0.2) is 9.91 Å². The Morgan fingerprint density at radius 1 is 1.35 bits per heavy atom. The lowest BCUT2D eigenvalue weighted by atomic mass is 10.1. The molecule has 0 bridgehead atoms. The summed E-state index contributed by atoms with van der Waals surface area (Å²) in [5, 5.41) is 13.6. The van der Waals surface area contributed by atoms with E-state index in [0.29, 0.717) is 5.56 Å². The molecule has 0 fully saturated rings. The second-order valence-corrected chi connectivity index (χ2v) is 4.19. The fourth-order valence-electron chi connectivity index (χ4n) is 1.77. The van der Waals surface area contributed by atoms with Gasteiger partial charge in [-0.3, -0.25) is 15.1 Å². The van der Waals surface area contributed by atoms with E-state index in [1.165, 1.54) is 24.4 Å². The van der Waals surface area contributed by atoms with Crippen molar-refractivity contribution >= 4 is 11.4 Å². The highest BCUT2D eigenvalue weighted by Crippen LogP contribution is 2.30. The fraction of sp³-hybridized carbons (Fsp3) is 0.154. The third-order valence-electron chi connectivity index (χ3n) is 2.78. The number of nitro benzene ring substituents is 1. The summed E-state index contributed by atoms with van der Waals surface area (Å²) in [6.07, 6.45) is 2.45. The third-order valence-corrected chi connectivity index (χ3v) is 2.78. The van der Waals surface area contributed by atoms with Gasteiger partial charge in [-0.15, -0.1) is 0 Å². The van der Waals surface area contributed by atoms with Crippen LogP contribution in [0.1, 0.15) is 18.5 Å². The van der Waals surface area contributed by atoms with E-state index >= 15 is 0 Å². The Bertz CT molecular complexity index is 649. The van der Waals surface area contributed by atoms with Crippen molar-refractivity contribution in [1.82, 2.24) is 4.98 Å². The van der Waals surface area contributed by atoms with Gasteiger partial charge in [0.1, 0.15) is 11.5 Å². The molecule has 7 heteroatoms. The zero-order valence-corrected chi connectivity index (χ0v) is 10.5. The first-order valence-electron chi connectivity index (χ1n) is 5.79. The molecule has 0 saturated carbocycles. The lowest BCUT2D eigenvalue weighted by Crippen LogP contribution is -2.10. The molecular formula is C13H11F2N3O2. The van der Waals surface area contributed by atoms with Crippen LogP contribution >= 0.6 is 0 Å². The number of hydrogen-bond donors (Lipinski definition) is 1. The third kappa shape index (κ3) is 2.87. The number of pyridine rings is 1. The van der Waals surface area contributed by atoms with Gasteiger partial charge in [0.2, 0.25) is 0 Å². The van der Waals surface area contributed by atoms with Crippen LogP contribution in [0.4, 0.5) is 20.2 Å². The maximum absolute atomic E-state index is 13.7. The Kier molecular flexibility index (Phi) is 3.88. The molecule has 1 aromatic heterocycles. The smallest absolute Gasteiger partial charge is 0.295 e. The minimum atomic E-state index is -0.740. The van der Waals surface area contributed by atoms with Crippen LogP contribution in [0.15, 0.2) is 36.7 Å². The lowest BCUT2D eigenvalue weighted by Gasteiger charge is -2.15. The van der Waals surface area contributed by atoms with Gasteiger partial charge in [-0.05, 0) is 24.6 Å². The maximum atomic E-state index is 13.7. The minimum Gasteiger partial charge on any atom is -0.370 e. The average molecular weight is 279 g/mol. The van der Waals surface area contributed by atoms with Gasteiger partial charge in [-0.2, -0.15) is 0 Å². The summed E-state index contributed by atoms with van der Waals surface area (Å²) in [4.78, 5) is 13.9. The van der Waals surface area contributed by atoms with E-state index in [4.69, 9.17) is 0 Å². The van der Waals surface area contributed by atoms with Crippen LogP contribution in [0.25, 0.3) is 0 Å². The number of hydrogen-bond acceptors (Lipinski definition) is 4. The van der Waals surface area contributed by atoms with Gasteiger partial charge in [0, 0.05) is 12.3 Å². The van der Waals surface area contributed by atoms with Crippen LogP contribution in [0, 0.1) is 21.7 Å². The molecule has 0 aliphatic rings. The largest absolute Gasteiger partial charge is 0.370 e. The minimum absolute atomic E-state index is 0.228. The molecule has 0 aliphatic heterocycles. The zero-order valence-electron chi connectivity index (χ0n) is 10.5. The van der Waals surface area contributed by atoms with Crippen molar-refractivity contribution in [3.05, 3.63) is 64.0 Å². The highest BCUT2D eigenvalue weighted by Gasteiger charge is 2.20. The quantitative estimate of drug-likeness (QED) is 0.687. The molecule has 2 rings (SSSR count). The van der Waals surface area contributed by atoms with E-state index in [1.807, 2.05) is 0 Å². The lowest BCUT2D eigenvalue weighted by molar-refractivity contribution is -0.384. The van der Waals surface area contributed by atoms with Gasteiger partial charge in [-0.1, -0.05) is 6.07 Å². The Labute approximate surface area is 113 Å². The second-order valence-electron chi connectivity index (χ2n) is 4.19. The van der Waals surface area contributed by atoms with Crippen LogP contribution in [0.5, 0.6) is 0 Å². The molecule has 0 saturated heterocycles. The van der Waals surface area contributed by atoms with Crippen molar-refractivity contribution < 1.29 is 13.7 Å². The molecule has 20 heavy (non-hydrogen) atoms. The van der Waals surface area contributed by atoms with Gasteiger partial charge < -0.3 is 5.32 Å². The number of para-hydroxylation sites is 1. The first-order valence-corrected chi connectivity index (χ1v) is 5.79. The Hall–Kier alpha value is -2.57. The number of nitrogens with one attached hydrogen (secondary N) is 1. The molecule has 1 aromatic carbocycles. The number of rotatable bonds is 4. The van der Waals surface area contributed by atoms with Gasteiger partial charge >= 0.3 is 0 Å². The molecule has 1 N–H and O–H groups in total. The molecule has 104 valence electrons. The summed E-state index contributed by atoms with van der Waals surface area (Å²) in [5.41, 5.74) is -0.141. The van der Waals surface area contributed by atoms with Crippen molar-refractivity contribution in [3.8, 4) is 0 Å². The monoisotopic (exact) mass is 279 g/mol. The molecule has 0 spiro atoms. The van der Waals surface area contributed by atoms with E-state index < -0.39 is 22.6 Å². The van der Waals surface area contributed by atoms with E-state index in [9.17, 15) is 18.9 Å². The zero-order chi connectivity index (χ0) is 14.7. The van der Waals surface area contributed by atoms with E-state index in [1.54, 1.807) is 6.92 Å². The summed E-state index contributed by atoms with van der Waals surface area (Å²) in [5.74, 6) is -1.27. The van der Waals surface area contributed by atoms with E-state index in [-0.39, 0.29) is 11.4 Å². The number of aromatic nitrogens is 1. The number of anilines is 1. The predicted molar refractivity (Wildman–Crippen MR) is 69.3 cm³/mol. The normalized spacial score (nSPS) is 11.9. The molecule has 0 aliphatic carbocycles. The van der Waals surface area contributed by atoms with Gasteiger partial charge in [0.25, 0.3) is 5.69 Å². The van der Waals surface area contributed by atoms with Crippen molar-refractivity contribution in [2.45, 2.75) is 13.0 Å². The summed E-state index contributed by atoms with van der Waals surface area (Å²) in [6, 6.07) is 4.27.